The largest absolute Gasteiger partial charge is 0.496 e. The molecule has 1 amide bonds. The number of benzene rings is 1. The van der Waals surface area contributed by atoms with Gasteiger partial charge in [-0.3, -0.25) is 5.32 Å². The van der Waals surface area contributed by atoms with Crippen molar-refractivity contribution in [1.82, 2.24) is 0 Å². The zero-order chi connectivity index (χ0) is 19.8. The van der Waals surface area contributed by atoms with E-state index in [1.165, 1.54) is 0 Å². The molecule has 0 radical (unpaired) electrons. The van der Waals surface area contributed by atoms with Crippen molar-refractivity contribution in [1.29, 1.82) is 0 Å². The minimum absolute atomic E-state index is 0.437. The second kappa shape index (κ2) is 7.21. The predicted octanol–water partition coefficient (Wildman–Crippen LogP) is 3.48. The molecule has 2 rings (SSSR count). The Kier molecular flexibility index (Phi) is 5.76. The third-order valence-electron chi connectivity index (χ3n) is 4.57. The molecule has 0 atom stereocenters. The Morgan fingerprint density at radius 2 is 1.73 bits per heavy atom. The topological polar surface area (TPSA) is 66.0 Å². The first kappa shape index (κ1) is 20.7. The van der Waals surface area contributed by atoms with Gasteiger partial charge in [0.25, 0.3) is 0 Å². The number of hydrogen-bond acceptors (Lipinski definition) is 5. The predicted molar refractivity (Wildman–Crippen MR) is 103 cm³/mol. The highest BCUT2D eigenvalue weighted by atomic mass is 16.7. The summed E-state index contributed by atoms with van der Waals surface area (Å²) >= 11 is 0. The molecule has 0 aromatic heterocycles. The van der Waals surface area contributed by atoms with Crippen molar-refractivity contribution in [3.63, 3.8) is 0 Å². The fraction of sp³-hybridized carbons (Fsp3) is 0.632. The maximum absolute atomic E-state index is 12.3. The maximum atomic E-state index is 12.3. The Morgan fingerprint density at radius 3 is 2.23 bits per heavy atom. The number of rotatable bonds is 4. The molecule has 144 valence electrons. The molecule has 1 aliphatic heterocycles. The van der Waals surface area contributed by atoms with Gasteiger partial charge in [-0.15, -0.1) is 0 Å². The highest BCUT2D eigenvalue weighted by Crippen LogP contribution is 2.37. The van der Waals surface area contributed by atoms with Gasteiger partial charge in [-0.2, -0.15) is 0 Å². The second-order valence-corrected chi connectivity index (χ2v) is 8.57. The van der Waals surface area contributed by atoms with Gasteiger partial charge in [0, 0.05) is 18.3 Å². The highest BCUT2D eigenvalue weighted by Gasteiger charge is 2.52. The van der Waals surface area contributed by atoms with Crippen LogP contribution in [-0.4, -0.2) is 37.1 Å². The number of nitrogens with one attached hydrogen (secondary N) is 1. The summed E-state index contributed by atoms with van der Waals surface area (Å²) in [6, 6.07) is 5.68. The zero-order valence-corrected chi connectivity index (χ0v) is 17.1. The van der Waals surface area contributed by atoms with Gasteiger partial charge in [0.15, 0.2) is 0 Å². The normalized spacial score (nSPS) is 18.7. The summed E-state index contributed by atoms with van der Waals surface area (Å²) in [5, 5.41) is 2.82. The van der Waals surface area contributed by atoms with Gasteiger partial charge in [0.2, 0.25) is 0 Å². The number of carbonyl (C=O) groups excluding carboxylic acids is 1. The van der Waals surface area contributed by atoms with Crippen LogP contribution in [0.2, 0.25) is 0 Å². The van der Waals surface area contributed by atoms with Gasteiger partial charge in [-0.25, -0.2) is 4.79 Å². The SMILES string of the molecule is COCc1ccc(B2OC(C)(C)C(C)(C)O2)c(NC(=O)OC(C)(C)C)c1. The highest BCUT2D eigenvalue weighted by molar-refractivity contribution is 6.64. The lowest BCUT2D eigenvalue weighted by atomic mass is 9.77. The number of hydrogen-bond donors (Lipinski definition) is 1. The van der Waals surface area contributed by atoms with Crippen LogP contribution in [0, 0.1) is 0 Å². The van der Waals surface area contributed by atoms with E-state index in [0.717, 1.165) is 11.0 Å². The van der Waals surface area contributed by atoms with Gasteiger partial charge in [-0.05, 0) is 60.1 Å². The minimum Gasteiger partial charge on any atom is -0.444 e. The maximum Gasteiger partial charge on any atom is 0.496 e. The molecule has 0 saturated carbocycles. The Labute approximate surface area is 156 Å². The number of ether oxygens (including phenoxy) is 2. The molecule has 26 heavy (non-hydrogen) atoms. The van der Waals surface area contributed by atoms with Crippen LogP contribution < -0.4 is 10.8 Å². The summed E-state index contributed by atoms with van der Waals surface area (Å²) in [5.41, 5.74) is 0.747. The molecule has 1 N–H and O–H groups in total. The Morgan fingerprint density at radius 1 is 1.15 bits per heavy atom. The minimum atomic E-state index is -0.585. The average Bonchev–Trinajstić information content (AvgIpc) is 2.65. The summed E-state index contributed by atoms with van der Waals surface area (Å²) < 4.78 is 22.8. The lowest BCUT2D eigenvalue weighted by Crippen LogP contribution is -2.41. The Balaban J connectivity index is 2.32. The number of methoxy groups -OCH3 is 1. The van der Waals surface area contributed by atoms with Crippen LogP contribution in [0.4, 0.5) is 10.5 Å². The lowest BCUT2D eigenvalue weighted by Gasteiger charge is -2.32. The van der Waals surface area contributed by atoms with Gasteiger partial charge in [-0.1, -0.05) is 12.1 Å². The summed E-state index contributed by atoms with van der Waals surface area (Å²) in [6.45, 7) is 13.9. The third-order valence-corrected chi connectivity index (χ3v) is 4.57. The van der Waals surface area contributed by atoms with Crippen molar-refractivity contribution < 1.29 is 23.6 Å². The first-order valence-electron chi connectivity index (χ1n) is 8.82. The smallest absolute Gasteiger partial charge is 0.444 e. The molecular formula is C19H30BNO5. The fourth-order valence-corrected chi connectivity index (χ4v) is 2.56. The van der Waals surface area contributed by atoms with Crippen LogP contribution in [0.1, 0.15) is 54.0 Å². The van der Waals surface area contributed by atoms with E-state index in [1.807, 2.05) is 66.7 Å². The molecule has 0 bridgehead atoms. The molecule has 1 fully saturated rings. The van der Waals surface area contributed by atoms with Crippen molar-refractivity contribution >= 4 is 24.4 Å². The van der Waals surface area contributed by atoms with Gasteiger partial charge in [0.1, 0.15) is 5.60 Å². The zero-order valence-electron chi connectivity index (χ0n) is 17.1. The standard InChI is InChI=1S/C19H30BNO5/c1-17(2,3)24-16(22)21-15-11-13(12-23-8)9-10-14(15)20-25-18(4,5)19(6,7)26-20/h9-11H,12H2,1-8H3,(H,21,22). The van der Waals surface area contributed by atoms with E-state index in [-0.39, 0.29) is 0 Å². The average molecular weight is 363 g/mol. The third kappa shape index (κ3) is 4.78. The van der Waals surface area contributed by atoms with E-state index >= 15 is 0 Å². The first-order valence-corrected chi connectivity index (χ1v) is 8.82. The molecule has 1 heterocycles. The Hall–Kier alpha value is -1.57. The van der Waals surface area contributed by atoms with Crippen LogP contribution in [0.5, 0.6) is 0 Å². The van der Waals surface area contributed by atoms with Crippen molar-refractivity contribution in [2.24, 2.45) is 0 Å². The number of amides is 1. The van der Waals surface area contributed by atoms with Gasteiger partial charge < -0.3 is 18.8 Å². The molecule has 1 aromatic carbocycles. The van der Waals surface area contributed by atoms with E-state index in [4.69, 9.17) is 18.8 Å². The van der Waals surface area contributed by atoms with E-state index in [0.29, 0.717) is 12.3 Å². The molecular weight excluding hydrogens is 333 g/mol. The molecule has 0 spiro atoms. The molecule has 0 unspecified atom stereocenters. The van der Waals surface area contributed by atoms with E-state index < -0.39 is 30.0 Å². The monoisotopic (exact) mass is 363 g/mol. The number of carbonyl (C=O) groups is 1. The Bertz CT molecular complexity index is 650. The van der Waals surface area contributed by atoms with Crippen molar-refractivity contribution in [3.05, 3.63) is 23.8 Å². The molecule has 6 nitrogen and oxygen atoms in total. The molecule has 1 aromatic rings. The lowest BCUT2D eigenvalue weighted by molar-refractivity contribution is 0.00578. The summed E-state index contributed by atoms with van der Waals surface area (Å²) in [5.74, 6) is 0. The summed E-state index contributed by atoms with van der Waals surface area (Å²) in [6.07, 6.45) is -0.523. The second-order valence-electron chi connectivity index (χ2n) is 8.57. The van der Waals surface area contributed by atoms with E-state index in [2.05, 4.69) is 5.32 Å². The number of anilines is 1. The molecule has 0 aliphatic carbocycles. The summed E-state index contributed by atoms with van der Waals surface area (Å²) in [4.78, 5) is 12.3. The van der Waals surface area contributed by atoms with Crippen LogP contribution in [-0.2, 0) is 25.4 Å². The van der Waals surface area contributed by atoms with Crippen LogP contribution >= 0.6 is 0 Å². The quantitative estimate of drug-likeness (QED) is 0.830. The van der Waals surface area contributed by atoms with Crippen molar-refractivity contribution in [2.45, 2.75) is 71.9 Å². The summed E-state index contributed by atoms with van der Waals surface area (Å²) in [7, 11) is 1.05. The van der Waals surface area contributed by atoms with E-state index in [1.54, 1.807) is 7.11 Å². The molecule has 7 heteroatoms. The molecule has 1 aliphatic rings. The van der Waals surface area contributed by atoms with Crippen molar-refractivity contribution in [3.8, 4) is 0 Å². The molecule has 1 saturated heterocycles. The van der Waals surface area contributed by atoms with Crippen molar-refractivity contribution in [2.75, 3.05) is 12.4 Å². The van der Waals surface area contributed by atoms with Crippen LogP contribution in [0.25, 0.3) is 0 Å². The van der Waals surface area contributed by atoms with Crippen LogP contribution in [0.15, 0.2) is 18.2 Å². The van der Waals surface area contributed by atoms with Crippen LogP contribution in [0.3, 0.4) is 0 Å². The van der Waals surface area contributed by atoms with Gasteiger partial charge >= 0.3 is 13.2 Å². The first-order chi connectivity index (χ1) is 11.8. The fourth-order valence-electron chi connectivity index (χ4n) is 2.56. The van der Waals surface area contributed by atoms with E-state index in [9.17, 15) is 4.79 Å². The van der Waals surface area contributed by atoms with Gasteiger partial charge in [0.05, 0.1) is 17.8 Å².